The zero-order valence-electron chi connectivity index (χ0n) is 8.27. The van der Waals surface area contributed by atoms with Gasteiger partial charge in [-0.15, -0.1) is 0 Å². The molecule has 0 spiro atoms. The van der Waals surface area contributed by atoms with Crippen LogP contribution in [0.5, 0.6) is 0 Å². The van der Waals surface area contributed by atoms with Crippen LogP contribution in [-0.4, -0.2) is 11.1 Å². The quantitative estimate of drug-likeness (QED) is 0.770. The molecule has 0 aromatic heterocycles. The van der Waals surface area contributed by atoms with Crippen LogP contribution in [0.1, 0.15) is 23.1 Å². The van der Waals surface area contributed by atoms with E-state index in [1.165, 1.54) is 0 Å². The van der Waals surface area contributed by atoms with Gasteiger partial charge in [0.15, 0.2) is 0 Å². The first-order valence-corrected chi connectivity index (χ1v) is 5.62. The molecule has 0 N–H and O–H groups in total. The Morgan fingerprint density at radius 2 is 2.13 bits per heavy atom. The summed E-state index contributed by atoms with van der Waals surface area (Å²) in [5, 5.41) is 0.198. The van der Waals surface area contributed by atoms with Crippen LogP contribution in [0.15, 0.2) is 18.2 Å². The summed E-state index contributed by atoms with van der Waals surface area (Å²) in [5.74, 6) is -0.0949. The SMILES string of the molecule is Cc1cccc(CC(=O)CBr)c1C(F)F. The monoisotopic (exact) mass is 276 g/mol. The number of hydrogen-bond donors (Lipinski definition) is 0. The van der Waals surface area contributed by atoms with Gasteiger partial charge in [-0.3, -0.25) is 4.79 Å². The van der Waals surface area contributed by atoms with Crippen LogP contribution in [0.25, 0.3) is 0 Å². The smallest absolute Gasteiger partial charge is 0.264 e. The van der Waals surface area contributed by atoms with E-state index in [4.69, 9.17) is 0 Å². The fraction of sp³-hybridized carbons (Fsp3) is 0.364. The molecule has 0 amide bonds. The first kappa shape index (κ1) is 12.3. The highest BCUT2D eigenvalue weighted by Crippen LogP contribution is 2.26. The van der Waals surface area contributed by atoms with Gasteiger partial charge in [0, 0.05) is 12.0 Å². The molecule has 0 atom stereocenters. The second-order valence-corrected chi connectivity index (χ2v) is 3.86. The van der Waals surface area contributed by atoms with Gasteiger partial charge in [-0.05, 0) is 18.1 Å². The molecule has 0 aliphatic heterocycles. The fourth-order valence-corrected chi connectivity index (χ4v) is 1.67. The summed E-state index contributed by atoms with van der Waals surface area (Å²) in [6, 6.07) is 4.90. The molecule has 0 fully saturated rings. The first-order valence-electron chi connectivity index (χ1n) is 4.50. The van der Waals surface area contributed by atoms with Crippen molar-refractivity contribution in [1.29, 1.82) is 0 Å². The van der Waals surface area contributed by atoms with Gasteiger partial charge in [0.1, 0.15) is 5.78 Å². The summed E-state index contributed by atoms with van der Waals surface area (Å²) in [6.45, 7) is 1.63. The van der Waals surface area contributed by atoms with Gasteiger partial charge in [-0.2, -0.15) is 0 Å². The van der Waals surface area contributed by atoms with Gasteiger partial charge in [0.2, 0.25) is 0 Å². The molecule has 1 aromatic carbocycles. The number of benzene rings is 1. The normalized spacial score (nSPS) is 10.7. The lowest BCUT2D eigenvalue weighted by Crippen LogP contribution is -2.07. The summed E-state index contributed by atoms with van der Waals surface area (Å²) in [4.78, 5) is 11.2. The first-order chi connectivity index (χ1) is 7.06. The maximum atomic E-state index is 12.7. The van der Waals surface area contributed by atoms with E-state index in [1.54, 1.807) is 25.1 Å². The van der Waals surface area contributed by atoms with E-state index in [0.29, 0.717) is 11.1 Å². The number of alkyl halides is 3. The van der Waals surface area contributed by atoms with E-state index in [9.17, 15) is 13.6 Å². The molecule has 1 rings (SSSR count). The number of Topliss-reactive ketones (excluding diaryl/α,β-unsaturated/α-hetero) is 1. The average Bonchev–Trinajstić information content (AvgIpc) is 2.17. The predicted molar refractivity (Wildman–Crippen MR) is 58.6 cm³/mol. The molecule has 4 heteroatoms. The molecule has 0 radical (unpaired) electrons. The Morgan fingerprint density at radius 1 is 1.47 bits per heavy atom. The summed E-state index contributed by atoms with van der Waals surface area (Å²) in [5.41, 5.74) is 0.950. The van der Waals surface area contributed by atoms with Crippen LogP contribution < -0.4 is 0 Å². The van der Waals surface area contributed by atoms with E-state index >= 15 is 0 Å². The lowest BCUT2D eigenvalue weighted by molar-refractivity contribution is -0.115. The van der Waals surface area contributed by atoms with Crippen LogP contribution >= 0.6 is 15.9 Å². The molecule has 0 bridgehead atoms. The van der Waals surface area contributed by atoms with Crippen molar-refractivity contribution >= 4 is 21.7 Å². The van der Waals surface area contributed by atoms with E-state index in [1.807, 2.05) is 0 Å². The van der Waals surface area contributed by atoms with Crippen molar-refractivity contribution < 1.29 is 13.6 Å². The van der Waals surface area contributed by atoms with Crippen LogP contribution in [0.2, 0.25) is 0 Å². The number of aryl methyl sites for hydroxylation is 1. The third-order valence-electron chi connectivity index (χ3n) is 2.17. The number of hydrogen-bond acceptors (Lipinski definition) is 1. The van der Waals surface area contributed by atoms with E-state index < -0.39 is 6.43 Å². The zero-order chi connectivity index (χ0) is 11.4. The maximum Gasteiger partial charge on any atom is 0.264 e. The molecular formula is C11H11BrF2O. The molecule has 82 valence electrons. The second kappa shape index (κ2) is 5.35. The van der Waals surface area contributed by atoms with Crippen molar-refractivity contribution in [3.8, 4) is 0 Å². The third-order valence-corrected chi connectivity index (χ3v) is 2.79. The number of rotatable bonds is 4. The van der Waals surface area contributed by atoms with E-state index in [2.05, 4.69) is 15.9 Å². The number of halogens is 3. The van der Waals surface area contributed by atoms with Crippen LogP contribution in [0.4, 0.5) is 8.78 Å². The summed E-state index contributed by atoms with van der Waals surface area (Å²) >= 11 is 3.02. The highest BCUT2D eigenvalue weighted by atomic mass is 79.9. The highest BCUT2D eigenvalue weighted by Gasteiger charge is 2.16. The number of carbonyl (C=O) groups is 1. The topological polar surface area (TPSA) is 17.1 Å². The predicted octanol–water partition coefficient (Wildman–Crippen LogP) is 3.44. The van der Waals surface area contributed by atoms with Crippen molar-refractivity contribution in [3.05, 3.63) is 34.9 Å². The number of ketones is 1. The van der Waals surface area contributed by atoms with E-state index in [0.717, 1.165) is 0 Å². The van der Waals surface area contributed by atoms with E-state index in [-0.39, 0.29) is 23.1 Å². The van der Waals surface area contributed by atoms with Crippen LogP contribution in [0, 0.1) is 6.92 Å². The number of carbonyl (C=O) groups excluding carboxylic acids is 1. The molecule has 15 heavy (non-hydrogen) atoms. The molecule has 1 aromatic rings. The van der Waals surface area contributed by atoms with Crippen molar-refractivity contribution in [3.63, 3.8) is 0 Å². The van der Waals surface area contributed by atoms with Crippen LogP contribution in [0.3, 0.4) is 0 Å². The van der Waals surface area contributed by atoms with Gasteiger partial charge in [-0.1, -0.05) is 34.1 Å². The molecule has 0 heterocycles. The van der Waals surface area contributed by atoms with Gasteiger partial charge >= 0.3 is 0 Å². The molecule has 0 saturated carbocycles. The van der Waals surface area contributed by atoms with Gasteiger partial charge in [0.05, 0.1) is 5.33 Å². The Kier molecular flexibility index (Phi) is 4.39. The second-order valence-electron chi connectivity index (χ2n) is 3.30. The highest BCUT2D eigenvalue weighted by molar-refractivity contribution is 9.09. The molecule has 1 nitrogen and oxygen atoms in total. The third kappa shape index (κ3) is 3.09. The van der Waals surface area contributed by atoms with Crippen LogP contribution in [-0.2, 0) is 11.2 Å². The fourth-order valence-electron chi connectivity index (χ4n) is 1.47. The Balaban J connectivity index is 3.06. The largest absolute Gasteiger partial charge is 0.298 e. The lowest BCUT2D eigenvalue weighted by Gasteiger charge is -2.10. The van der Waals surface area contributed by atoms with Crippen molar-refractivity contribution in [1.82, 2.24) is 0 Å². The van der Waals surface area contributed by atoms with Crippen molar-refractivity contribution in [2.24, 2.45) is 0 Å². The van der Waals surface area contributed by atoms with Crippen molar-refractivity contribution in [2.45, 2.75) is 19.8 Å². The zero-order valence-corrected chi connectivity index (χ0v) is 9.85. The molecule has 0 saturated heterocycles. The molecular weight excluding hydrogens is 266 g/mol. The minimum absolute atomic E-state index is 0.00759. The van der Waals surface area contributed by atoms with Gasteiger partial charge in [0.25, 0.3) is 6.43 Å². The summed E-state index contributed by atoms with van der Waals surface area (Å²) in [7, 11) is 0. The summed E-state index contributed by atoms with van der Waals surface area (Å²) in [6.07, 6.45) is -2.46. The summed E-state index contributed by atoms with van der Waals surface area (Å²) < 4.78 is 25.4. The minimum atomic E-state index is -2.52. The maximum absolute atomic E-state index is 12.7. The Hall–Kier alpha value is -0.770. The Labute approximate surface area is 95.6 Å². The Morgan fingerprint density at radius 3 is 2.67 bits per heavy atom. The average molecular weight is 277 g/mol. The van der Waals surface area contributed by atoms with Gasteiger partial charge in [-0.25, -0.2) is 8.78 Å². The standard InChI is InChI=1S/C11H11BrF2O/c1-7-3-2-4-8(5-9(15)6-12)10(7)11(13)14/h2-4,11H,5-6H2,1H3. The van der Waals surface area contributed by atoms with Gasteiger partial charge < -0.3 is 0 Å². The lowest BCUT2D eigenvalue weighted by atomic mass is 9.98. The molecule has 0 aliphatic rings. The minimum Gasteiger partial charge on any atom is -0.298 e. The Bertz CT molecular complexity index is 364. The van der Waals surface area contributed by atoms with Crippen molar-refractivity contribution in [2.75, 3.05) is 5.33 Å². The molecule has 0 unspecified atom stereocenters. The molecule has 0 aliphatic carbocycles.